The third-order valence-corrected chi connectivity index (χ3v) is 7.41. The zero-order valence-electron chi connectivity index (χ0n) is 20.6. The number of hydrogen-bond acceptors (Lipinski definition) is 5. The van der Waals surface area contributed by atoms with Crippen molar-refractivity contribution >= 4 is 28.7 Å². The molecule has 0 aliphatic carbocycles. The first-order valence-electron chi connectivity index (χ1n) is 12.4. The summed E-state index contributed by atoms with van der Waals surface area (Å²) in [6, 6.07) is 8.65. The summed E-state index contributed by atoms with van der Waals surface area (Å²) < 4.78 is 9.00. The number of carbonyl (C=O) groups excluding carboxylic acids is 1. The number of carbonyl (C=O) groups is 2. The molecule has 1 fully saturated rings. The highest BCUT2D eigenvalue weighted by molar-refractivity contribution is 5.95. The van der Waals surface area contributed by atoms with Crippen molar-refractivity contribution in [2.24, 2.45) is 0 Å². The number of rotatable bonds is 6. The number of hydrogen-bond donors (Lipinski definition) is 1. The second-order valence-corrected chi connectivity index (χ2v) is 9.59. The smallest absolute Gasteiger partial charge is 0.412 e. The fourth-order valence-corrected chi connectivity index (χ4v) is 5.28. The van der Waals surface area contributed by atoms with Gasteiger partial charge < -0.3 is 23.9 Å². The first-order chi connectivity index (χ1) is 17.3. The number of benzene rings is 1. The van der Waals surface area contributed by atoms with Crippen molar-refractivity contribution in [1.29, 1.82) is 0 Å². The Hall–Kier alpha value is -3.66. The molecule has 4 heterocycles. The molecule has 1 N–H and O–H groups in total. The number of carboxylic acid groups (broad SMARTS) is 1. The monoisotopic (exact) mass is 493 g/mol. The van der Waals surface area contributed by atoms with Crippen LogP contribution in [0.15, 0.2) is 41.3 Å². The lowest BCUT2D eigenvalue weighted by Crippen LogP contribution is -2.41. The Labute approximate surface area is 208 Å². The number of amides is 2. The minimum absolute atomic E-state index is 0.0403. The first-order valence-corrected chi connectivity index (χ1v) is 12.4. The van der Waals surface area contributed by atoms with E-state index in [2.05, 4.69) is 0 Å². The van der Waals surface area contributed by atoms with Crippen LogP contribution in [0, 0.1) is 0 Å². The minimum atomic E-state index is -0.985. The molecule has 36 heavy (non-hydrogen) atoms. The molecule has 0 bridgehead atoms. The molecular formula is C26H31N5O5. The highest BCUT2D eigenvalue weighted by Crippen LogP contribution is 2.36. The van der Waals surface area contributed by atoms with E-state index in [0.29, 0.717) is 50.5 Å². The Morgan fingerprint density at radius 1 is 1.22 bits per heavy atom. The number of aromatic nitrogens is 3. The maximum absolute atomic E-state index is 13.3. The van der Waals surface area contributed by atoms with Gasteiger partial charge in [-0.15, -0.1) is 0 Å². The topological polar surface area (TPSA) is 110 Å². The number of fused-ring (bicyclic) bond motifs is 3. The molecule has 190 valence electrons. The highest BCUT2D eigenvalue weighted by Gasteiger charge is 2.31. The van der Waals surface area contributed by atoms with Crippen molar-refractivity contribution in [1.82, 2.24) is 19.0 Å². The summed E-state index contributed by atoms with van der Waals surface area (Å²) in [6.07, 6.45) is 3.43. The van der Waals surface area contributed by atoms with Gasteiger partial charge in [0.25, 0.3) is 5.56 Å². The molecule has 0 unspecified atom stereocenters. The normalized spacial score (nSPS) is 19.4. The quantitative estimate of drug-likeness (QED) is 0.565. The van der Waals surface area contributed by atoms with Gasteiger partial charge in [0.2, 0.25) is 5.91 Å². The third-order valence-electron chi connectivity index (χ3n) is 7.41. The number of nitrogens with zero attached hydrogens (tertiary/aromatic N) is 5. The van der Waals surface area contributed by atoms with E-state index in [4.69, 9.17) is 9.72 Å². The second kappa shape index (κ2) is 9.77. The standard InChI is InChI=1S/C26H31N5O5/c1-17-6-7-19-20(31(17)26(34)35)8-9-21-25(19)27-22(10-13-29-12-4-3-5-23(29)32)30(21)15-24(33)28(2)18-11-14-36-16-18/h3-5,8-9,12,17-18H,6-7,10-11,13-16H2,1-2H3,(H,34,35)/t17-,18-/m0/s1. The number of anilines is 1. The van der Waals surface area contributed by atoms with Gasteiger partial charge in [-0.25, -0.2) is 9.78 Å². The van der Waals surface area contributed by atoms with Crippen molar-refractivity contribution in [2.45, 2.75) is 57.8 Å². The van der Waals surface area contributed by atoms with Gasteiger partial charge >= 0.3 is 6.09 Å². The van der Waals surface area contributed by atoms with Gasteiger partial charge in [-0.3, -0.25) is 14.5 Å². The fraction of sp³-hybridized carbons (Fsp3) is 0.462. The van der Waals surface area contributed by atoms with Crippen LogP contribution < -0.4 is 10.5 Å². The van der Waals surface area contributed by atoms with E-state index in [0.717, 1.165) is 23.0 Å². The zero-order valence-corrected chi connectivity index (χ0v) is 20.6. The maximum Gasteiger partial charge on any atom is 0.412 e. The maximum atomic E-state index is 13.3. The van der Waals surface area contributed by atoms with E-state index >= 15 is 0 Å². The van der Waals surface area contributed by atoms with Crippen molar-refractivity contribution < 1.29 is 19.4 Å². The number of imidazole rings is 1. The van der Waals surface area contributed by atoms with Crippen molar-refractivity contribution in [3.05, 3.63) is 58.3 Å². The van der Waals surface area contributed by atoms with Gasteiger partial charge in [0, 0.05) is 50.5 Å². The van der Waals surface area contributed by atoms with Gasteiger partial charge in [-0.2, -0.15) is 0 Å². The van der Waals surface area contributed by atoms with Crippen molar-refractivity contribution in [2.75, 3.05) is 25.2 Å². The number of ether oxygens (including phenoxy) is 1. The van der Waals surface area contributed by atoms with E-state index in [1.807, 2.05) is 29.7 Å². The van der Waals surface area contributed by atoms with E-state index in [-0.39, 0.29) is 30.1 Å². The molecule has 2 atom stereocenters. The predicted molar refractivity (Wildman–Crippen MR) is 134 cm³/mol. The lowest BCUT2D eigenvalue weighted by atomic mass is 9.96. The van der Waals surface area contributed by atoms with Gasteiger partial charge in [0.05, 0.1) is 29.4 Å². The molecule has 1 saturated heterocycles. The van der Waals surface area contributed by atoms with Crippen LogP contribution in [0.1, 0.15) is 31.2 Å². The van der Waals surface area contributed by atoms with Gasteiger partial charge in [0.15, 0.2) is 0 Å². The Kier molecular flexibility index (Phi) is 6.53. The van der Waals surface area contributed by atoms with E-state index in [9.17, 15) is 19.5 Å². The summed E-state index contributed by atoms with van der Waals surface area (Å²) in [6.45, 7) is 3.62. The van der Waals surface area contributed by atoms with E-state index in [1.165, 1.54) is 11.0 Å². The highest BCUT2D eigenvalue weighted by atomic mass is 16.5. The van der Waals surface area contributed by atoms with E-state index < -0.39 is 6.09 Å². The molecule has 3 aromatic rings. The molecule has 2 aliphatic rings. The first kappa shape index (κ1) is 24.1. The molecule has 10 nitrogen and oxygen atoms in total. The Bertz CT molecular complexity index is 1360. The van der Waals surface area contributed by atoms with Crippen LogP contribution in [0.25, 0.3) is 11.0 Å². The molecule has 5 rings (SSSR count). The Morgan fingerprint density at radius 2 is 2.06 bits per heavy atom. The molecular weight excluding hydrogens is 462 g/mol. The van der Waals surface area contributed by atoms with Gasteiger partial charge in [0.1, 0.15) is 12.4 Å². The molecule has 1 aromatic carbocycles. The zero-order chi connectivity index (χ0) is 25.4. The Morgan fingerprint density at radius 3 is 2.78 bits per heavy atom. The number of pyridine rings is 1. The lowest BCUT2D eigenvalue weighted by molar-refractivity contribution is -0.132. The summed E-state index contributed by atoms with van der Waals surface area (Å²) >= 11 is 0. The van der Waals surface area contributed by atoms with Gasteiger partial charge in [-0.05, 0) is 44.4 Å². The molecule has 2 aromatic heterocycles. The van der Waals surface area contributed by atoms with Crippen LogP contribution in [-0.4, -0.2) is 68.5 Å². The molecule has 2 aliphatic heterocycles. The van der Waals surface area contributed by atoms with Crippen molar-refractivity contribution in [3.8, 4) is 0 Å². The SMILES string of the molecule is C[C@H]1CCc2c(ccc3c2nc(CCn2ccccc2=O)n3CC(=O)N(C)[C@H]2CCOC2)N1C(=O)O. The van der Waals surface area contributed by atoms with E-state index in [1.54, 1.807) is 28.8 Å². The molecule has 0 spiro atoms. The average molecular weight is 494 g/mol. The lowest BCUT2D eigenvalue weighted by Gasteiger charge is -2.33. The third kappa shape index (κ3) is 4.37. The summed E-state index contributed by atoms with van der Waals surface area (Å²) in [7, 11) is 1.80. The van der Waals surface area contributed by atoms with Crippen LogP contribution in [0.2, 0.25) is 0 Å². The van der Waals surface area contributed by atoms with Crippen LogP contribution in [0.4, 0.5) is 10.5 Å². The van der Waals surface area contributed by atoms with Crippen molar-refractivity contribution in [3.63, 3.8) is 0 Å². The second-order valence-electron chi connectivity index (χ2n) is 9.59. The number of likely N-dealkylation sites (N-methyl/N-ethyl adjacent to an activating group) is 1. The predicted octanol–water partition coefficient (Wildman–Crippen LogP) is 2.51. The van der Waals surface area contributed by atoms with Crippen LogP contribution >= 0.6 is 0 Å². The summed E-state index contributed by atoms with van der Waals surface area (Å²) in [5.41, 5.74) is 2.96. The molecule has 2 amide bonds. The summed E-state index contributed by atoms with van der Waals surface area (Å²) in [5.74, 6) is 0.653. The molecule has 0 saturated carbocycles. The molecule has 10 heteroatoms. The average Bonchev–Trinajstić information content (AvgIpc) is 3.51. The summed E-state index contributed by atoms with van der Waals surface area (Å²) in [4.78, 5) is 45.6. The number of aryl methyl sites for hydroxylation is 3. The van der Waals surface area contributed by atoms with Crippen LogP contribution in [0.3, 0.4) is 0 Å². The molecule has 0 radical (unpaired) electrons. The summed E-state index contributed by atoms with van der Waals surface area (Å²) in [5, 5.41) is 9.81. The van der Waals surface area contributed by atoms with Crippen LogP contribution in [-0.2, 0) is 35.5 Å². The Balaban J connectivity index is 1.54. The minimum Gasteiger partial charge on any atom is -0.465 e. The fourth-order valence-electron chi connectivity index (χ4n) is 5.28. The largest absolute Gasteiger partial charge is 0.465 e. The van der Waals surface area contributed by atoms with Gasteiger partial charge in [-0.1, -0.05) is 6.07 Å². The van der Waals surface area contributed by atoms with Crippen LogP contribution in [0.5, 0.6) is 0 Å².